The lowest BCUT2D eigenvalue weighted by molar-refractivity contribution is -0.133. The first-order valence-corrected chi connectivity index (χ1v) is 7.93. The van der Waals surface area contributed by atoms with Gasteiger partial charge >= 0.3 is 5.97 Å². The minimum Gasteiger partial charge on any atom is -0.481 e. The van der Waals surface area contributed by atoms with Gasteiger partial charge in [0.25, 0.3) is 0 Å². The van der Waals surface area contributed by atoms with E-state index in [1.54, 1.807) is 0 Å². The molecule has 0 aliphatic rings. The lowest BCUT2D eigenvalue weighted by Crippen LogP contribution is -2.14. The summed E-state index contributed by atoms with van der Waals surface area (Å²) in [6.45, 7) is -0.298. The Morgan fingerprint density at radius 1 is 1.44 bits per heavy atom. The first-order chi connectivity index (χ1) is 8.33. The molecule has 0 spiro atoms. The highest BCUT2D eigenvalue weighted by Gasteiger charge is 2.14. The zero-order valence-corrected chi connectivity index (χ0v) is 11.2. The number of hydrogen-bond donors (Lipinski definition) is 2. The maximum atomic E-state index is 11.1. The summed E-state index contributed by atoms with van der Waals surface area (Å²) in [5, 5.41) is 25.3. The molecule has 0 aliphatic carbocycles. The second-order valence-corrected chi connectivity index (χ2v) is 6.72. The van der Waals surface area contributed by atoms with Gasteiger partial charge in [-0.2, -0.15) is 0 Å². The molecule has 10 heteroatoms. The van der Waals surface area contributed by atoms with Crippen molar-refractivity contribution < 1.29 is 23.4 Å². The highest BCUT2D eigenvalue weighted by molar-refractivity contribution is 7.99. The van der Waals surface area contributed by atoms with Crippen LogP contribution in [0.15, 0.2) is 5.16 Å². The Labute approximate surface area is 108 Å². The summed E-state index contributed by atoms with van der Waals surface area (Å²) < 4.78 is 23.6. The van der Waals surface area contributed by atoms with Crippen molar-refractivity contribution in [2.75, 3.05) is 17.8 Å². The van der Waals surface area contributed by atoms with E-state index in [0.29, 0.717) is 0 Å². The Balaban J connectivity index is 2.84. The Kier molecular flexibility index (Phi) is 5.11. The fraction of sp³-hybridized carbons (Fsp3) is 0.625. The van der Waals surface area contributed by atoms with E-state index >= 15 is 0 Å². The van der Waals surface area contributed by atoms with E-state index in [9.17, 15) is 13.2 Å². The van der Waals surface area contributed by atoms with Gasteiger partial charge in [-0.1, -0.05) is 11.8 Å². The molecule has 102 valence electrons. The monoisotopic (exact) mass is 295 g/mol. The van der Waals surface area contributed by atoms with Crippen molar-refractivity contribution in [1.29, 1.82) is 0 Å². The van der Waals surface area contributed by atoms with Crippen LogP contribution in [-0.2, 0) is 27.8 Å². The van der Waals surface area contributed by atoms with Gasteiger partial charge < -0.3 is 14.8 Å². The summed E-state index contributed by atoms with van der Waals surface area (Å²) >= 11 is 0.926. The number of aromatic nitrogens is 3. The highest BCUT2D eigenvalue weighted by Crippen LogP contribution is 2.17. The van der Waals surface area contributed by atoms with Crippen molar-refractivity contribution >= 4 is 27.6 Å². The summed E-state index contributed by atoms with van der Waals surface area (Å²) in [5.41, 5.74) is 0. The van der Waals surface area contributed by atoms with Crippen LogP contribution in [0.2, 0.25) is 0 Å². The lowest BCUT2D eigenvalue weighted by Gasteiger charge is -2.07. The molecular formula is C8H13N3O5S2. The molecule has 1 aromatic rings. The predicted molar refractivity (Wildman–Crippen MR) is 64.0 cm³/mol. The van der Waals surface area contributed by atoms with E-state index in [-0.39, 0.29) is 35.6 Å². The third-order valence-corrected chi connectivity index (χ3v) is 3.82. The maximum absolute atomic E-state index is 11.1. The molecule has 18 heavy (non-hydrogen) atoms. The standard InChI is InChI=1S/C8H13N3O5S2/c1-18(15,16)3-2-11-6(4-12)9-10-8(11)17-5-7(13)14/h12H,2-5H2,1H3,(H,13,14). The molecule has 0 amide bonds. The number of aliphatic hydroxyl groups is 1. The maximum Gasteiger partial charge on any atom is 0.313 e. The van der Waals surface area contributed by atoms with Gasteiger partial charge in [-0.05, 0) is 0 Å². The molecule has 0 radical (unpaired) electrons. The zero-order chi connectivity index (χ0) is 13.8. The number of thioether (sulfide) groups is 1. The largest absolute Gasteiger partial charge is 0.481 e. The van der Waals surface area contributed by atoms with Gasteiger partial charge in [0.15, 0.2) is 11.0 Å². The molecule has 2 N–H and O–H groups in total. The molecule has 0 atom stereocenters. The van der Waals surface area contributed by atoms with Crippen LogP contribution in [0.25, 0.3) is 0 Å². The SMILES string of the molecule is CS(=O)(=O)CCn1c(CO)nnc1SCC(=O)O. The number of carbonyl (C=O) groups is 1. The van der Waals surface area contributed by atoms with E-state index in [1.807, 2.05) is 0 Å². The van der Waals surface area contributed by atoms with E-state index in [4.69, 9.17) is 10.2 Å². The van der Waals surface area contributed by atoms with Crippen LogP contribution in [0.3, 0.4) is 0 Å². The molecule has 0 bridgehead atoms. The van der Waals surface area contributed by atoms with Crippen molar-refractivity contribution in [2.24, 2.45) is 0 Å². The third-order valence-electron chi connectivity index (χ3n) is 1.95. The van der Waals surface area contributed by atoms with E-state index < -0.39 is 15.8 Å². The first kappa shape index (κ1) is 14.9. The Bertz CT molecular complexity index is 525. The number of rotatable bonds is 7. The molecule has 1 heterocycles. The Morgan fingerprint density at radius 2 is 2.11 bits per heavy atom. The number of sulfone groups is 1. The average molecular weight is 295 g/mol. The lowest BCUT2D eigenvalue weighted by atomic mass is 10.6. The minimum absolute atomic E-state index is 0.0870. The molecule has 0 saturated heterocycles. The summed E-state index contributed by atoms with van der Waals surface area (Å²) in [5.74, 6) is -1.13. The van der Waals surface area contributed by atoms with Gasteiger partial charge in [0.05, 0.1) is 11.5 Å². The molecule has 8 nitrogen and oxygen atoms in total. The topological polar surface area (TPSA) is 122 Å². The fourth-order valence-corrected chi connectivity index (χ4v) is 2.37. The quantitative estimate of drug-likeness (QED) is 0.614. The van der Waals surface area contributed by atoms with Crippen LogP contribution < -0.4 is 0 Å². The van der Waals surface area contributed by atoms with Crippen molar-refractivity contribution in [3.8, 4) is 0 Å². The third kappa shape index (κ3) is 4.63. The zero-order valence-electron chi connectivity index (χ0n) is 9.61. The summed E-state index contributed by atoms with van der Waals surface area (Å²) in [7, 11) is -3.16. The number of carboxylic acids is 1. The molecule has 0 aliphatic heterocycles. The normalized spacial score (nSPS) is 11.7. The summed E-state index contributed by atoms with van der Waals surface area (Å²) in [6.07, 6.45) is 1.10. The molecule has 0 saturated carbocycles. The average Bonchev–Trinajstić information content (AvgIpc) is 2.64. The summed E-state index contributed by atoms with van der Waals surface area (Å²) in [4.78, 5) is 10.5. The van der Waals surface area contributed by atoms with Gasteiger partial charge in [-0.25, -0.2) is 8.42 Å². The fourth-order valence-electron chi connectivity index (χ4n) is 1.15. The second-order valence-electron chi connectivity index (χ2n) is 3.52. The van der Waals surface area contributed by atoms with Crippen LogP contribution in [0.5, 0.6) is 0 Å². The van der Waals surface area contributed by atoms with E-state index in [1.165, 1.54) is 4.57 Å². The second kappa shape index (κ2) is 6.16. The number of nitrogens with zero attached hydrogens (tertiary/aromatic N) is 3. The molecule has 1 rings (SSSR count). The van der Waals surface area contributed by atoms with E-state index in [2.05, 4.69) is 10.2 Å². The van der Waals surface area contributed by atoms with Gasteiger partial charge in [-0.15, -0.1) is 10.2 Å². The Hall–Kier alpha value is -1.13. The van der Waals surface area contributed by atoms with Gasteiger partial charge in [0, 0.05) is 12.8 Å². The number of aliphatic hydroxyl groups excluding tert-OH is 1. The molecular weight excluding hydrogens is 282 g/mol. The van der Waals surface area contributed by atoms with Crippen LogP contribution in [0.4, 0.5) is 0 Å². The minimum atomic E-state index is -3.16. The van der Waals surface area contributed by atoms with Crippen LogP contribution in [-0.4, -0.2) is 57.1 Å². The molecule has 1 aromatic heterocycles. The Morgan fingerprint density at radius 3 is 2.61 bits per heavy atom. The molecule has 0 aromatic carbocycles. The van der Waals surface area contributed by atoms with Crippen molar-refractivity contribution in [2.45, 2.75) is 18.3 Å². The number of aliphatic carboxylic acids is 1. The van der Waals surface area contributed by atoms with Gasteiger partial charge in [-0.3, -0.25) is 4.79 Å². The van der Waals surface area contributed by atoms with Crippen molar-refractivity contribution in [3.05, 3.63) is 5.82 Å². The number of hydrogen-bond acceptors (Lipinski definition) is 7. The van der Waals surface area contributed by atoms with Crippen LogP contribution in [0, 0.1) is 0 Å². The smallest absolute Gasteiger partial charge is 0.313 e. The van der Waals surface area contributed by atoms with Gasteiger partial charge in [0.2, 0.25) is 0 Å². The van der Waals surface area contributed by atoms with Crippen molar-refractivity contribution in [3.63, 3.8) is 0 Å². The number of carboxylic acid groups (broad SMARTS) is 1. The van der Waals surface area contributed by atoms with Gasteiger partial charge in [0.1, 0.15) is 16.4 Å². The van der Waals surface area contributed by atoms with Crippen LogP contribution >= 0.6 is 11.8 Å². The molecule has 0 fully saturated rings. The highest BCUT2D eigenvalue weighted by atomic mass is 32.2. The van der Waals surface area contributed by atoms with Crippen LogP contribution in [0.1, 0.15) is 5.82 Å². The first-order valence-electron chi connectivity index (χ1n) is 4.88. The predicted octanol–water partition coefficient (Wildman–Crippen LogP) is -1.01. The van der Waals surface area contributed by atoms with E-state index in [0.717, 1.165) is 18.0 Å². The van der Waals surface area contributed by atoms with Crippen molar-refractivity contribution in [1.82, 2.24) is 14.8 Å². The molecule has 0 unspecified atom stereocenters. The summed E-state index contributed by atoms with van der Waals surface area (Å²) in [6, 6.07) is 0.